The number of esters is 1. The zero-order valence-corrected chi connectivity index (χ0v) is 18.7. The van der Waals surface area contributed by atoms with Gasteiger partial charge in [-0.3, -0.25) is 4.79 Å². The predicted molar refractivity (Wildman–Crippen MR) is 116 cm³/mol. The molecular formula is C22H26ClNO4S. The van der Waals surface area contributed by atoms with Gasteiger partial charge in [0.25, 0.3) is 5.91 Å². The molecule has 0 saturated heterocycles. The number of nitrogens with one attached hydrogen (secondary N) is 1. The lowest BCUT2D eigenvalue weighted by Crippen LogP contribution is -2.30. The van der Waals surface area contributed by atoms with Gasteiger partial charge < -0.3 is 14.8 Å². The molecule has 0 fully saturated rings. The van der Waals surface area contributed by atoms with Gasteiger partial charge in [0.15, 0.2) is 6.10 Å². The second-order valence-corrected chi connectivity index (χ2v) is 8.92. The van der Waals surface area contributed by atoms with Crippen molar-refractivity contribution >= 4 is 39.8 Å². The van der Waals surface area contributed by atoms with Crippen LogP contribution < -0.4 is 10.1 Å². The molecule has 3 rings (SSSR count). The van der Waals surface area contributed by atoms with Crippen LogP contribution in [-0.4, -0.2) is 25.1 Å². The highest BCUT2D eigenvalue weighted by Crippen LogP contribution is 2.40. The van der Waals surface area contributed by atoms with Crippen LogP contribution in [0.5, 0.6) is 5.75 Å². The zero-order chi connectivity index (χ0) is 21.1. The van der Waals surface area contributed by atoms with Crippen molar-refractivity contribution in [3.8, 4) is 5.75 Å². The van der Waals surface area contributed by atoms with Crippen LogP contribution >= 0.6 is 22.9 Å². The van der Waals surface area contributed by atoms with Gasteiger partial charge in [-0.1, -0.05) is 24.9 Å². The number of anilines is 1. The fourth-order valence-electron chi connectivity index (χ4n) is 3.61. The Balaban J connectivity index is 1.80. The van der Waals surface area contributed by atoms with Crippen LogP contribution in [0.2, 0.25) is 5.02 Å². The lowest BCUT2D eigenvalue weighted by molar-refractivity contribution is -0.122. The molecule has 0 spiro atoms. The van der Waals surface area contributed by atoms with Crippen molar-refractivity contribution in [3.63, 3.8) is 0 Å². The number of methoxy groups -OCH3 is 1. The number of carbonyl (C=O) groups is 2. The summed E-state index contributed by atoms with van der Waals surface area (Å²) < 4.78 is 10.8. The van der Waals surface area contributed by atoms with E-state index in [0.717, 1.165) is 36.8 Å². The first-order valence-electron chi connectivity index (χ1n) is 9.80. The number of halogens is 1. The molecule has 1 aromatic carbocycles. The largest absolute Gasteiger partial charge is 0.481 e. The minimum atomic E-state index is -0.733. The van der Waals surface area contributed by atoms with Gasteiger partial charge in [0.1, 0.15) is 10.8 Å². The zero-order valence-electron chi connectivity index (χ0n) is 17.1. The molecule has 1 aromatic heterocycles. The molecule has 2 aromatic rings. The Morgan fingerprint density at radius 1 is 1.38 bits per heavy atom. The number of hydrogen-bond acceptors (Lipinski definition) is 5. The van der Waals surface area contributed by atoms with Crippen LogP contribution in [0.25, 0.3) is 0 Å². The normalized spacial score (nSPS) is 16.7. The van der Waals surface area contributed by atoms with Crippen molar-refractivity contribution in [2.45, 2.75) is 52.6 Å². The van der Waals surface area contributed by atoms with Crippen molar-refractivity contribution in [2.75, 3.05) is 12.4 Å². The van der Waals surface area contributed by atoms with E-state index in [2.05, 4.69) is 12.2 Å². The number of aryl methyl sites for hydroxylation is 1. The molecule has 7 heteroatoms. The van der Waals surface area contributed by atoms with Crippen LogP contribution in [0.4, 0.5) is 5.00 Å². The highest BCUT2D eigenvalue weighted by atomic mass is 35.5. The fourth-order valence-corrected chi connectivity index (χ4v) is 5.19. The minimum absolute atomic E-state index is 0.310. The molecule has 0 unspecified atom stereocenters. The van der Waals surface area contributed by atoms with E-state index in [0.29, 0.717) is 27.3 Å². The summed E-state index contributed by atoms with van der Waals surface area (Å²) in [4.78, 5) is 26.4. The van der Waals surface area contributed by atoms with E-state index in [1.54, 1.807) is 25.1 Å². The topological polar surface area (TPSA) is 64.6 Å². The maximum Gasteiger partial charge on any atom is 0.341 e. The first kappa shape index (κ1) is 21.7. The summed E-state index contributed by atoms with van der Waals surface area (Å²) in [6.45, 7) is 5.74. The molecule has 156 valence electrons. The van der Waals surface area contributed by atoms with E-state index in [9.17, 15) is 9.59 Å². The fraction of sp³-hybridized carbons (Fsp3) is 0.455. The summed E-state index contributed by atoms with van der Waals surface area (Å²) in [5.74, 6) is 0.497. The van der Waals surface area contributed by atoms with Crippen LogP contribution in [0, 0.1) is 12.8 Å². The van der Waals surface area contributed by atoms with Gasteiger partial charge in [0, 0.05) is 9.90 Å². The van der Waals surface area contributed by atoms with E-state index in [1.807, 2.05) is 6.92 Å². The monoisotopic (exact) mass is 435 g/mol. The minimum Gasteiger partial charge on any atom is -0.481 e. The number of ether oxygens (including phenoxy) is 2. The summed E-state index contributed by atoms with van der Waals surface area (Å²) in [5, 5.41) is 4.06. The number of carbonyl (C=O) groups excluding carboxylic acids is 2. The summed E-state index contributed by atoms with van der Waals surface area (Å²) in [6.07, 6.45) is 3.20. The van der Waals surface area contributed by atoms with Gasteiger partial charge in [0.2, 0.25) is 0 Å². The molecule has 0 radical (unpaired) electrons. The van der Waals surface area contributed by atoms with Gasteiger partial charge in [-0.05, 0) is 68.4 Å². The van der Waals surface area contributed by atoms with Crippen molar-refractivity contribution in [1.82, 2.24) is 0 Å². The third kappa shape index (κ3) is 4.75. The number of hydrogen-bond donors (Lipinski definition) is 1. The van der Waals surface area contributed by atoms with Crippen LogP contribution in [0.15, 0.2) is 18.2 Å². The van der Waals surface area contributed by atoms with E-state index in [4.69, 9.17) is 21.1 Å². The Morgan fingerprint density at radius 3 is 2.79 bits per heavy atom. The Bertz CT molecular complexity index is 924. The van der Waals surface area contributed by atoms with Gasteiger partial charge >= 0.3 is 5.97 Å². The lowest BCUT2D eigenvalue weighted by Gasteiger charge is -2.20. The highest BCUT2D eigenvalue weighted by Gasteiger charge is 2.30. The third-order valence-corrected chi connectivity index (χ3v) is 6.79. The standard InChI is InChI=1S/C22H26ClNO4S/c1-5-14-6-8-16-18(11-14)29-21(19(16)22(26)27-4)24-20(25)13(3)28-17-9-7-15(23)10-12(17)2/h7,9-10,13-14H,5-6,8,11H2,1-4H3,(H,24,25)/t13-,14-/m1/s1. The first-order valence-corrected chi connectivity index (χ1v) is 11.0. The van der Waals surface area contributed by atoms with Gasteiger partial charge in [0.05, 0.1) is 12.7 Å². The summed E-state index contributed by atoms with van der Waals surface area (Å²) >= 11 is 7.45. The van der Waals surface area contributed by atoms with Crippen molar-refractivity contribution in [1.29, 1.82) is 0 Å². The van der Waals surface area contributed by atoms with Crippen molar-refractivity contribution in [3.05, 3.63) is 44.8 Å². The average Bonchev–Trinajstić information content (AvgIpc) is 3.06. The smallest absolute Gasteiger partial charge is 0.341 e. The Kier molecular flexibility index (Phi) is 6.85. The number of benzene rings is 1. The molecule has 2 atom stereocenters. The van der Waals surface area contributed by atoms with Crippen LogP contribution in [-0.2, 0) is 22.4 Å². The van der Waals surface area contributed by atoms with Crippen LogP contribution in [0.1, 0.15) is 53.1 Å². The highest BCUT2D eigenvalue weighted by molar-refractivity contribution is 7.17. The van der Waals surface area contributed by atoms with E-state index in [1.165, 1.54) is 23.3 Å². The molecule has 29 heavy (non-hydrogen) atoms. The Hall–Kier alpha value is -2.05. The Morgan fingerprint density at radius 2 is 2.14 bits per heavy atom. The summed E-state index contributed by atoms with van der Waals surface area (Å²) in [7, 11) is 1.37. The molecule has 0 bridgehead atoms. The molecule has 0 aliphatic heterocycles. The summed E-state index contributed by atoms with van der Waals surface area (Å²) in [5.41, 5.74) is 2.36. The Labute approximate surface area is 180 Å². The molecular weight excluding hydrogens is 410 g/mol. The SMILES string of the molecule is CC[C@@H]1CCc2c(sc(NC(=O)[C@@H](C)Oc3ccc(Cl)cc3C)c2C(=O)OC)C1. The molecule has 1 heterocycles. The molecule has 1 aliphatic rings. The average molecular weight is 436 g/mol. The van der Waals surface area contributed by atoms with E-state index < -0.39 is 12.1 Å². The van der Waals surface area contributed by atoms with E-state index >= 15 is 0 Å². The molecule has 0 saturated carbocycles. The first-order chi connectivity index (χ1) is 13.8. The second-order valence-electron chi connectivity index (χ2n) is 7.38. The number of amides is 1. The van der Waals surface area contributed by atoms with E-state index in [-0.39, 0.29) is 5.91 Å². The van der Waals surface area contributed by atoms with Gasteiger partial charge in [-0.25, -0.2) is 4.79 Å². The summed E-state index contributed by atoms with van der Waals surface area (Å²) in [6, 6.07) is 5.26. The third-order valence-electron chi connectivity index (χ3n) is 5.38. The van der Waals surface area contributed by atoms with Gasteiger partial charge in [-0.2, -0.15) is 0 Å². The molecule has 5 nitrogen and oxygen atoms in total. The van der Waals surface area contributed by atoms with Crippen LogP contribution in [0.3, 0.4) is 0 Å². The second kappa shape index (κ2) is 9.18. The van der Waals surface area contributed by atoms with Crippen molar-refractivity contribution in [2.24, 2.45) is 5.92 Å². The number of thiophene rings is 1. The maximum atomic E-state index is 12.8. The van der Waals surface area contributed by atoms with Crippen molar-refractivity contribution < 1.29 is 19.1 Å². The number of rotatable bonds is 6. The predicted octanol–water partition coefficient (Wildman–Crippen LogP) is 5.42. The van der Waals surface area contributed by atoms with Gasteiger partial charge in [-0.15, -0.1) is 11.3 Å². The lowest BCUT2D eigenvalue weighted by atomic mass is 9.85. The molecule has 1 amide bonds. The molecule has 1 aliphatic carbocycles. The quantitative estimate of drug-likeness (QED) is 0.615. The molecule has 1 N–H and O–H groups in total. The number of fused-ring (bicyclic) bond motifs is 1. The maximum absolute atomic E-state index is 12.8.